The van der Waals surface area contributed by atoms with E-state index in [1.807, 2.05) is 6.92 Å². The Hall–Kier alpha value is -1.62. The van der Waals surface area contributed by atoms with Crippen molar-refractivity contribution < 1.29 is 13.9 Å². The van der Waals surface area contributed by atoms with Gasteiger partial charge in [-0.2, -0.15) is 0 Å². The van der Waals surface area contributed by atoms with Gasteiger partial charge in [0.25, 0.3) is 0 Å². The number of benzene rings is 1. The second-order valence-electron chi connectivity index (χ2n) is 3.60. The van der Waals surface area contributed by atoms with E-state index in [0.717, 1.165) is 12.1 Å². The van der Waals surface area contributed by atoms with E-state index in [-0.39, 0.29) is 18.8 Å². The zero-order chi connectivity index (χ0) is 12.7. The van der Waals surface area contributed by atoms with Crippen molar-refractivity contribution in [2.45, 2.75) is 19.9 Å². The van der Waals surface area contributed by atoms with Gasteiger partial charge < -0.3 is 15.8 Å². The summed E-state index contributed by atoms with van der Waals surface area (Å²) in [6.45, 7) is 3.49. The Labute approximate surface area is 100.0 Å². The van der Waals surface area contributed by atoms with E-state index < -0.39 is 5.91 Å². The molecule has 0 fully saturated rings. The quantitative estimate of drug-likeness (QED) is 0.752. The number of carbonyl (C=O) groups is 1. The molecule has 5 heteroatoms. The molecular weight excluding hydrogens is 223 g/mol. The van der Waals surface area contributed by atoms with Gasteiger partial charge >= 0.3 is 0 Å². The molecule has 1 aromatic rings. The maximum Gasteiger partial charge on any atom is 0.220 e. The number of hydrogen-bond acceptors (Lipinski definition) is 3. The minimum atomic E-state index is -0.416. The van der Waals surface area contributed by atoms with Gasteiger partial charge in [-0.05, 0) is 24.7 Å². The molecule has 0 saturated heterocycles. The SMILES string of the molecule is CCNCc1cc(F)ccc1OCCC(N)=O. The second kappa shape index (κ2) is 6.85. The highest BCUT2D eigenvalue weighted by atomic mass is 19.1. The second-order valence-corrected chi connectivity index (χ2v) is 3.60. The zero-order valence-corrected chi connectivity index (χ0v) is 9.83. The third kappa shape index (κ3) is 4.82. The smallest absolute Gasteiger partial charge is 0.220 e. The molecule has 4 nitrogen and oxygen atoms in total. The van der Waals surface area contributed by atoms with Gasteiger partial charge in [0.2, 0.25) is 5.91 Å². The number of nitrogens with two attached hydrogens (primary N) is 1. The Balaban J connectivity index is 2.64. The van der Waals surface area contributed by atoms with Crippen LogP contribution in [0.25, 0.3) is 0 Å². The van der Waals surface area contributed by atoms with Crippen LogP contribution in [-0.2, 0) is 11.3 Å². The summed E-state index contributed by atoms with van der Waals surface area (Å²) < 4.78 is 18.5. The molecule has 0 aliphatic heterocycles. The van der Waals surface area contributed by atoms with Crippen LogP contribution in [0, 0.1) is 5.82 Å². The third-order valence-electron chi connectivity index (χ3n) is 2.19. The molecule has 1 amide bonds. The predicted octanol–water partition coefficient (Wildman–Crippen LogP) is 1.19. The van der Waals surface area contributed by atoms with Gasteiger partial charge in [0, 0.05) is 12.1 Å². The number of ether oxygens (including phenoxy) is 1. The number of halogens is 1. The van der Waals surface area contributed by atoms with Gasteiger partial charge in [-0.3, -0.25) is 4.79 Å². The lowest BCUT2D eigenvalue weighted by Gasteiger charge is -2.11. The normalized spacial score (nSPS) is 10.2. The van der Waals surface area contributed by atoms with Crippen molar-refractivity contribution in [3.8, 4) is 5.75 Å². The summed E-state index contributed by atoms with van der Waals surface area (Å²) in [6.07, 6.45) is 0.151. The van der Waals surface area contributed by atoms with Gasteiger partial charge in [0.1, 0.15) is 11.6 Å². The highest BCUT2D eigenvalue weighted by Gasteiger charge is 2.05. The third-order valence-corrected chi connectivity index (χ3v) is 2.19. The fourth-order valence-corrected chi connectivity index (χ4v) is 1.35. The van der Waals surface area contributed by atoms with Crippen molar-refractivity contribution in [1.82, 2.24) is 5.32 Å². The molecule has 1 rings (SSSR count). The minimum absolute atomic E-state index is 0.151. The molecule has 0 aliphatic rings. The van der Waals surface area contributed by atoms with Gasteiger partial charge in [-0.15, -0.1) is 0 Å². The van der Waals surface area contributed by atoms with E-state index in [9.17, 15) is 9.18 Å². The molecule has 94 valence electrons. The van der Waals surface area contributed by atoms with Crippen LogP contribution in [0.1, 0.15) is 18.9 Å². The summed E-state index contributed by atoms with van der Waals surface area (Å²) in [5, 5.41) is 3.09. The van der Waals surface area contributed by atoms with Crippen LogP contribution in [0.15, 0.2) is 18.2 Å². The summed E-state index contributed by atoms with van der Waals surface area (Å²) in [4.78, 5) is 10.6. The van der Waals surface area contributed by atoms with Crippen molar-refractivity contribution in [2.75, 3.05) is 13.2 Å². The molecule has 3 N–H and O–H groups in total. The average molecular weight is 240 g/mol. The van der Waals surface area contributed by atoms with E-state index in [1.165, 1.54) is 12.1 Å². The Morgan fingerprint density at radius 2 is 2.29 bits per heavy atom. The van der Waals surface area contributed by atoms with E-state index in [4.69, 9.17) is 10.5 Å². The molecular formula is C12H17FN2O2. The average Bonchev–Trinajstić information content (AvgIpc) is 2.28. The van der Waals surface area contributed by atoms with Gasteiger partial charge in [-0.1, -0.05) is 6.92 Å². The molecule has 0 spiro atoms. The summed E-state index contributed by atoms with van der Waals surface area (Å²) in [5.74, 6) is -0.144. The van der Waals surface area contributed by atoms with E-state index in [0.29, 0.717) is 12.3 Å². The van der Waals surface area contributed by atoms with E-state index in [2.05, 4.69) is 5.32 Å². The molecule has 0 aliphatic carbocycles. The number of rotatable bonds is 7. The Morgan fingerprint density at radius 1 is 1.53 bits per heavy atom. The van der Waals surface area contributed by atoms with Crippen LogP contribution in [0.4, 0.5) is 4.39 Å². The number of hydrogen-bond donors (Lipinski definition) is 2. The highest BCUT2D eigenvalue weighted by Crippen LogP contribution is 2.19. The summed E-state index contributed by atoms with van der Waals surface area (Å²) >= 11 is 0. The minimum Gasteiger partial charge on any atom is -0.493 e. The van der Waals surface area contributed by atoms with Crippen molar-refractivity contribution in [2.24, 2.45) is 5.73 Å². The van der Waals surface area contributed by atoms with Gasteiger partial charge in [-0.25, -0.2) is 4.39 Å². The summed E-state index contributed by atoms with van der Waals surface area (Å²) in [5.41, 5.74) is 5.74. The van der Waals surface area contributed by atoms with Gasteiger partial charge in [0.15, 0.2) is 0 Å². The lowest BCUT2D eigenvalue weighted by molar-refractivity contribution is -0.118. The van der Waals surface area contributed by atoms with Crippen LogP contribution < -0.4 is 15.8 Å². The highest BCUT2D eigenvalue weighted by molar-refractivity contribution is 5.73. The maximum atomic E-state index is 13.1. The van der Waals surface area contributed by atoms with E-state index in [1.54, 1.807) is 6.07 Å². The molecule has 0 saturated carbocycles. The zero-order valence-electron chi connectivity index (χ0n) is 9.83. The Bertz CT molecular complexity index is 383. The molecule has 0 heterocycles. The van der Waals surface area contributed by atoms with E-state index >= 15 is 0 Å². The predicted molar refractivity (Wildman–Crippen MR) is 63.1 cm³/mol. The lowest BCUT2D eigenvalue weighted by Crippen LogP contribution is -2.16. The Morgan fingerprint density at radius 3 is 2.94 bits per heavy atom. The largest absolute Gasteiger partial charge is 0.493 e. The number of amides is 1. The summed E-state index contributed by atoms with van der Waals surface area (Å²) in [6, 6.07) is 4.31. The molecule has 0 atom stereocenters. The van der Waals surface area contributed by atoms with Crippen molar-refractivity contribution in [3.63, 3.8) is 0 Å². The molecule has 17 heavy (non-hydrogen) atoms. The van der Waals surface area contributed by atoms with Crippen LogP contribution in [0.2, 0.25) is 0 Å². The van der Waals surface area contributed by atoms with Crippen molar-refractivity contribution >= 4 is 5.91 Å². The van der Waals surface area contributed by atoms with Crippen LogP contribution >= 0.6 is 0 Å². The molecule has 1 aromatic carbocycles. The Kier molecular flexibility index (Phi) is 5.42. The van der Waals surface area contributed by atoms with Crippen molar-refractivity contribution in [1.29, 1.82) is 0 Å². The number of carbonyl (C=O) groups excluding carboxylic acids is 1. The molecule has 0 bridgehead atoms. The first-order chi connectivity index (χ1) is 8.13. The maximum absolute atomic E-state index is 13.1. The first-order valence-corrected chi connectivity index (χ1v) is 5.53. The molecule has 0 unspecified atom stereocenters. The van der Waals surface area contributed by atoms with Crippen LogP contribution in [-0.4, -0.2) is 19.1 Å². The number of nitrogens with one attached hydrogen (secondary N) is 1. The number of primary amides is 1. The topological polar surface area (TPSA) is 64.3 Å². The fourth-order valence-electron chi connectivity index (χ4n) is 1.35. The van der Waals surface area contributed by atoms with Crippen LogP contribution in [0.5, 0.6) is 5.75 Å². The lowest BCUT2D eigenvalue weighted by atomic mass is 10.2. The van der Waals surface area contributed by atoms with Crippen LogP contribution in [0.3, 0.4) is 0 Å². The summed E-state index contributed by atoms with van der Waals surface area (Å²) in [7, 11) is 0. The first-order valence-electron chi connectivity index (χ1n) is 5.53. The first kappa shape index (κ1) is 13.4. The van der Waals surface area contributed by atoms with Gasteiger partial charge in [0.05, 0.1) is 13.0 Å². The monoisotopic (exact) mass is 240 g/mol. The van der Waals surface area contributed by atoms with Crippen molar-refractivity contribution in [3.05, 3.63) is 29.6 Å². The standard InChI is InChI=1S/C12H17FN2O2/c1-2-15-8-9-7-10(13)3-4-11(9)17-6-5-12(14)16/h3-4,7,15H,2,5-6,8H2,1H3,(H2,14,16). The molecule has 0 radical (unpaired) electrons. The molecule has 0 aromatic heterocycles. The fraction of sp³-hybridized carbons (Fsp3) is 0.417.